The molecule has 11 heavy (non-hydrogen) atoms. The van der Waals surface area contributed by atoms with E-state index < -0.39 is 0 Å². The molecule has 0 saturated heterocycles. The van der Waals surface area contributed by atoms with Crippen molar-refractivity contribution in [1.82, 2.24) is 0 Å². The van der Waals surface area contributed by atoms with Crippen molar-refractivity contribution in [1.29, 1.82) is 0 Å². The topological polar surface area (TPSA) is 20.2 Å². The van der Waals surface area contributed by atoms with Gasteiger partial charge in [0.05, 0.1) is 6.10 Å². The van der Waals surface area contributed by atoms with Gasteiger partial charge >= 0.3 is 0 Å². The Hall–Kier alpha value is -0.0400. The van der Waals surface area contributed by atoms with E-state index in [0.717, 1.165) is 5.92 Å². The van der Waals surface area contributed by atoms with Crippen LogP contribution in [0.5, 0.6) is 0 Å². The van der Waals surface area contributed by atoms with E-state index in [-0.39, 0.29) is 6.10 Å². The zero-order chi connectivity index (χ0) is 7.84. The van der Waals surface area contributed by atoms with Crippen molar-refractivity contribution in [2.75, 3.05) is 0 Å². The molecule has 0 spiro atoms. The Kier molecular flexibility index (Phi) is 1.92. The molecule has 1 N–H and O–H groups in total. The fourth-order valence-electron chi connectivity index (χ4n) is 3.01. The first-order chi connectivity index (χ1) is 5.27. The SMILES string of the molecule is CC1C[C@H]2CCC[C@@H](C1)C2O. The van der Waals surface area contributed by atoms with Crippen LogP contribution in [0.15, 0.2) is 0 Å². The Balaban J connectivity index is 2.07. The Labute approximate surface area is 68.8 Å². The molecule has 0 aliphatic heterocycles. The monoisotopic (exact) mass is 154 g/mol. The summed E-state index contributed by atoms with van der Waals surface area (Å²) in [6.07, 6.45) is 6.53. The second-order valence-corrected chi connectivity index (χ2v) is 4.52. The Morgan fingerprint density at radius 2 is 1.64 bits per heavy atom. The second-order valence-electron chi connectivity index (χ2n) is 4.52. The fraction of sp³-hybridized carbons (Fsp3) is 1.00. The highest BCUT2D eigenvalue weighted by Gasteiger charge is 2.37. The minimum absolute atomic E-state index is 0.0555. The van der Waals surface area contributed by atoms with Crippen molar-refractivity contribution >= 4 is 0 Å². The van der Waals surface area contributed by atoms with Gasteiger partial charge in [-0.3, -0.25) is 0 Å². The lowest BCUT2D eigenvalue weighted by molar-refractivity contribution is -0.0307. The molecule has 2 fully saturated rings. The van der Waals surface area contributed by atoms with Crippen LogP contribution in [0.4, 0.5) is 0 Å². The van der Waals surface area contributed by atoms with E-state index in [0.29, 0.717) is 11.8 Å². The lowest BCUT2D eigenvalue weighted by Crippen LogP contribution is -2.39. The lowest BCUT2D eigenvalue weighted by Gasteiger charge is -2.42. The van der Waals surface area contributed by atoms with Crippen molar-refractivity contribution in [2.45, 2.75) is 45.1 Å². The zero-order valence-electron chi connectivity index (χ0n) is 7.29. The lowest BCUT2D eigenvalue weighted by atomic mass is 9.66. The summed E-state index contributed by atoms with van der Waals surface area (Å²) in [4.78, 5) is 0. The average molecular weight is 154 g/mol. The van der Waals surface area contributed by atoms with Crippen LogP contribution >= 0.6 is 0 Å². The molecular formula is C10H18O. The van der Waals surface area contributed by atoms with Gasteiger partial charge in [-0.1, -0.05) is 13.3 Å². The summed E-state index contributed by atoms with van der Waals surface area (Å²) in [6, 6.07) is 0. The highest BCUT2D eigenvalue weighted by molar-refractivity contribution is 4.88. The maximum Gasteiger partial charge on any atom is 0.0596 e. The quantitative estimate of drug-likeness (QED) is 0.567. The predicted octanol–water partition coefficient (Wildman–Crippen LogP) is 2.19. The van der Waals surface area contributed by atoms with Crippen LogP contribution in [-0.2, 0) is 0 Å². The molecule has 2 aliphatic carbocycles. The van der Waals surface area contributed by atoms with E-state index in [2.05, 4.69) is 6.92 Å². The van der Waals surface area contributed by atoms with E-state index in [1.807, 2.05) is 0 Å². The molecule has 0 heterocycles. The zero-order valence-corrected chi connectivity index (χ0v) is 7.29. The van der Waals surface area contributed by atoms with Crippen LogP contribution in [0.2, 0.25) is 0 Å². The smallest absolute Gasteiger partial charge is 0.0596 e. The third-order valence-corrected chi connectivity index (χ3v) is 3.53. The van der Waals surface area contributed by atoms with E-state index >= 15 is 0 Å². The van der Waals surface area contributed by atoms with E-state index in [4.69, 9.17) is 0 Å². The van der Waals surface area contributed by atoms with Crippen molar-refractivity contribution < 1.29 is 5.11 Å². The third-order valence-electron chi connectivity index (χ3n) is 3.53. The van der Waals surface area contributed by atoms with Gasteiger partial charge in [-0.2, -0.15) is 0 Å². The largest absolute Gasteiger partial charge is 0.393 e. The first-order valence-electron chi connectivity index (χ1n) is 4.95. The summed E-state index contributed by atoms with van der Waals surface area (Å²) in [6.45, 7) is 2.33. The minimum Gasteiger partial charge on any atom is -0.393 e. The molecule has 0 aromatic rings. The minimum atomic E-state index is 0.0555. The number of aliphatic hydroxyl groups is 1. The summed E-state index contributed by atoms with van der Waals surface area (Å²) in [5.41, 5.74) is 0. The highest BCUT2D eigenvalue weighted by atomic mass is 16.3. The first kappa shape index (κ1) is 7.60. The van der Waals surface area contributed by atoms with Gasteiger partial charge in [0.2, 0.25) is 0 Å². The van der Waals surface area contributed by atoms with Crippen molar-refractivity contribution in [3.8, 4) is 0 Å². The highest BCUT2D eigenvalue weighted by Crippen LogP contribution is 2.42. The second kappa shape index (κ2) is 2.78. The molecule has 2 rings (SSSR count). The van der Waals surface area contributed by atoms with Gasteiger partial charge in [-0.05, 0) is 43.4 Å². The van der Waals surface area contributed by atoms with Crippen molar-refractivity contribution in [3.63, 3.8) is 0 Å². The number of rotatable bonds is 0. The normalized spacial score (nSPS) is 50.7. The molecule has 1 heteroatoms. The van der Waals surface area contributed by atoms with Gasteiger partial charge in [-0.25, -0.2) is 0 Å². The summed E-state index contributed by atoms with van der Waals surface area (Å²) in [5, 5.41) is 9.81. The summed E-state index contributed by atoms with van der Waals surface area (Å²) >= 11 is 0. The Morgan fingerprint density at radius 1 is 1.09 bits per heavy atom. The maximum atomic E-state index is 9.81. The van der Waals surface area contributed by atoms with Crippen LogP contribution in [0.25, 0.3) is 0 Å². The average Bonchev–Trinajstić information content (AvgIpc) is 1.92. The molecule has 2 aliphatic rings. The molecule has 1 nitrogen and oxygen atoms in total. The molecule has 2 bridgehead atoms. The first-order valence-corrected chi connectivity index (χ1v) is 4.95. The predicted molar refractivity (Wildman–Crippen MR) is 45.2 cm³/mol. The number of hydrogen-bond donors (Lipinski definition) is 1. The fourth-order valence-corrected chi connectivity index (χ4v) is 3.01. The van der Waals surface area contributed by atoms with Gasteiger partial charge in [0, 0.05) is 0 Å². The summed E-state index contributed by atoms with van der Waals surface area (Å²) < 4.78 is 0. The van der Waals surface area contributed by atoms with Crippen LogP contribution in [0.3, 0.4) is 0 Å². The molecule has 0 aromatic heterocycles. The molecule has 2 unspecified atom stereocenters. The standard InChI is InChI=1S/C10H18O/c1-7-5-8-3-2-4-9(6-7)10(8)11/h7-11H,2-6H2,1H3/t7?,8-,9+,10?. The van der Waals surface area contributed by atoms with E-state index in [1.54, 1.807) is 0 Å². The van der Waals surface area contributed by atoms with Gasteiger partial charge in [-0.15, -0.1) is 0 Å². The van der Waals surface area contributed by atoms with Crippen molar-refractivity contribution in [3.05, 3.63) is 0 Å². The molecule has 0 aromatic carbocycles. The van der Waals surface area contributed by atoms with Gasteiger partial charge in [0.15, 0.2) is 0 Å². The molecule has 0 radical (unpaired) electrons. The van der Waals surface area contributed by atoms with E-state index in [1.165, 1.54) is 32.1 Å². The van der Waals surface area contributed by atoms with Crippen LogP contribution in [-0.4, -0.2) is 11.2 Å². The number of hydrogen-bond acceptors (Lipinski definition) is 1. The maximum absolute atomic E-state index is 9.81. The van der Waals surface area contributed by atoms with Crippen LogP contribution < -0.4 is 0 Å². The molecule has 64 valence electrons. The molecular weight excluding hydrogens is 136 g/mol. The Bertz CT molecular complexity index is 130. The van der Waals surface area contributed by atoms with Crippen molar-refractivity contribution in [2.24, 2.45) is 17.8 Å². The number of fused-ring (bicyclic) bond motifs is 2. The molecule has 2 saturated carbocycles. The Morgan fingerprint density at radius 3 is 2.18 bits per heavy atom. The summed E-state index contributed by atoms with van der Waals surface area (Å²) in [5.74, 6) is 2.17. The van der Waals surface area contributed by atoms with Gasteiger partial charge in [0.1, 0.15) is 0 Å². The molecule has 4 atom stereocenters. The summed E-state index contributed by atoms with van der Waals surface area (Å²) in [7, 11) is 0. The number of aliphatic hydroxyl groups excluding tert-OH is 1. The van der Waals surface area contributed by atoms with Crippen LogP contribution in [0.1, 0.15) is 39.0 Å². The van der Waals surface area contributed by atoms with Gasteiger partial charge < -0.3 is 5.11 Å². The molecule has 0 amide bonds. The third kappa shape index (κ3) is 1.31. The van der Waals surface area contributed by atoms with E-state index in [9.17, 15) is 5.11 Å². The van der Waals surface area contributed by atoms with Crippen LogP contribution in [0, 0.1) is 17.8 Å². The van der Waals surface area contributed by atoms with Gasteiger partial charge in [0.25, 0.3) is 0 Å².